The fourth-order valence-corrected chi connectivity index (χ4v) is 0.656. The van der Waals surface area contributed by atoms with Crippen molar-refractivity contribution in [3.05, 3.63) is 12.2 Å². The quantitative estimate of drug-likeness (QED) is 0.618. The molecule has 0 heterocycles. The van der Waals surface area contributed by atoms with E-state index in [0.717, 1.165) is 6.54 Å². The minimum Gasteiger partial charge on any atom is -0.478 e. The number of hydrogen-bond acceptors (Lipinski definition) is 2. The first-order chi connectivity index (χ1) is 5.07. The van der Waals surface area contributed by atoms with Crippen LogP contribution in [0.25, 0.3) is 0 Å². The summed E-state index contributed by atoms with van der Waals surface area (Å²) in [6, 6.07) is 0.191. The van der Waals surface area contributed by atoms with Crippen LogP contribution in [-0.2, 0) is 4.79 Å². The van der Waals surface area contributed by atoms with Crippen LogP contribution in [0.15, 0.2) is 12.2 Å². The maximum atomic E-state index is 10.1. The van der Waals surface area contributed by atoms with Crippen molar-refractivity contribution >= 4 is 5.97 Å². The van der Waals surface area contributed by atoms with Gasteiger partial charge in [0, 0.05) is 12.1 Å². The van der Waals surface area contributed by atoms with Crippen molar-refractivity contribution in [1.29, 1.82) is 0 Å². The number of nitrogens with zero attached hydrogens (tertiary/aromatic N) is 1. The summed E-state index contributed by atoms with van der Waals surface area (Å²) in [4.78, 5) is 12.2. The van der Waals surface area contributed by atoms with Crippen LogP contribution in [0, 0.1) is 0 Å². The molecule has 3 heteroatoms. The molecule has 0 radical (unpaired) electrons. The summed E-state index contributed by atoms with van der Waals surface area (Å²) < 4.78 is 0. The van der Waals surface area contributed by atoms with Gasteiger partial charge in [0.15, 0.2) is 0 Å². The van der Waals surface area contributed by atoms with Crippen LogP contribution in [0.2, 0.25) is 0 Å². The third-order valence-electron chi connectivity index (χ3n) is 1.71. The number of aliphatic carboxylic acids is 1. The monoisotopic (exact) mass is 157 g/mol. The van der Waals surface area contributed by atoms with Gasteiger partial charge >= 0.3 is 5.97 Å². The Hall–Kier alpha value is -0.830. The lowest BCUT2D eigenvalue weighted by atomic mass is 10.3. The number of carboxylic acid groups (broad SMARTS) is 1. The van der Waals surface area contributed by atoms with Crippen LogP contribution in [0.3, 0.4) is 0 Å². The lowest BCUT2D eigenvalue weighted by molar-refractivity contribution is -0.131. The molecule has 0 fully saturated rings. The second kappa shape index (κ2) is 4.91. The fourth-order valence-electron chi connectivity index (χ4n) is 0.656. The Morgan fingerprint density at radius 3 is 2.64 bits per heavy atom. The van der Waals surface area contributed by atoms with Crippen LogP contribution < -0.4 is 0 Å². The van der Waals surface area contributed by atoms with E-state index in [9.17, 15) is 4.79 Å². The smallest absolute Gasteiger partial charge is 0.328 e. The first-order valence-electron chi connectivity index (χ1n) is 3.69. The number of hydrogen-bond donors (Lipinski definition) is 1. The van der Waals surface area contributed by atoms with Crippen LogP contribution >= 0.6 is 0 Å². The highest BCUT2D eigenvalue weighted by molar-refractivity contribution is 5.79. The lowest BCUT2D eigenvalue weighted by Gasteiger charge is -2.18. The Kier molecular flexibility index (Phi) is 4.54. The standard InChI is InChI=1S/C8H15NO2/c1-4-9(3)7(2)5-6-8(10)11/h5-7H,4H2,1-3H3,(H,10,11)/b6-5+. The summed E-state index contributed by atoms with van der Waals surface area (Å²) in [5.74, 6) is -0.888. The molecule has 0 spiro atoms. The van der Waals surface area contributed by atoms with Crippen LogP contribution in [0.1, 0.15) is 13.8 Å². The van der Waals surface area contributed by atoms with Gasteiger partial charge in [-0.05, 0) is 20.5 Å². The van der Waals surface area contributed by atoms with E-state index in [1.54, 1.807) is 6.08 Å². The van der Waals surface area contributed by atoms with Crippen molar-refractivity contribution < 1.29 is 9.90 Å². The maximum Gasteiger partial charge on any atom is 0.328 e. The van der Waals surface area contributed by atoms with E-state index in [1.807, 2.05) is 20.9 Å². The zero-order chi connectivity index (χ0) is 8.85. The summed E-state index contributed by atoms with van der Waals surface area (Å²) in [5.41, 5.74) is 0. The number of rotatable bonds is 4. The molecule has 0 saturated carbocycles. The van der Waals surface area contributed by atoms with E-state index >= 15 is 0 Å². The highest BCUT2D eigenvalue weighted by Gasteiger charge is 2.01. The largest absolute Gasteiger partial charge is 0.478 e. The zero-order valence-electron chi connectivity index (χ0n) is 7.24. The van der Waals surface area contributed by atoms with Crippen LogP contribution in [0.5, 0.6) is 0 Å². The minimum atomic E-state index is -0.888. The molecular weight excluding hydrogens is 142 g/mol. The summed E-state index contributed by atoms with van der Waals surface area (Å²) in [7, 11) is 1.96. The molecule has 0 aromatic heterocycles. The van der Waals surface area contributed by atoms with Crippen molar-refractivity contribution in [3.8, 4) is 0 Å². The Morgan fingerprint density at radius 2 is 2.27 bits per heavy atom. The van der Waals surface area contributed by atoms with Gasteiger partial charge < -0.3 is 10.0 Å². The molecule has 64 valence electrons. The highest BCUT2D eigenvalue weighted by Crippen LogP contribution is 1.95. The van der Waals surface area contributed by atoms with E-state index < -0.39 is 5.97 Å². The summed E-state index contributed by atoms with van der Waals surface area (Å²) in [6.07, 6.45) is 2.85. The number of carboxylic acids is 1. The van der Waals surface area contributed by atoms with Gasteiger partial charge in [0.1, 0.15) is 0 Å². The Morgan fingerprint density at radius 1 is 1.73 bits per heavy atom. The molecule has 0 aliphatic rings. The first kappa shape index (κ1) is 10.2. The van der Waals surface area contributed by atoms with Gasteiger partial charge in [0.25, 0.3) is 0 Å². The van der Waals surface area contributed by atoms with E-state index in [0.29, 0.717) is 0 Å². The van der Waals surface area contributed by atoms with Crippen molar-refractivity contribution in [2.24, 2.45) is 0 Å². The van der Waals surface area contributed by atoms with Crippen molar-refractivity contribution in [2.45, 2.75) is 19.9 Å². The third-order valence-corrected chi connectivity index (χ3v) is 1.71. The second-order valence-corrected chi connectivity index (χ2v) is 2.51. The van der Waals surface area contributed by atoms with Gasteiger partial charge in [0.05, 0.1) is 0 Å². The third kappa shape index (κ3) is 4.56. The van der Waals surface area contributed by atoms with Crippen molar-refractivity contribution in [2.75, 3.05) is 13.6 Å². The predicted octanol–water partition coefficient (Wildman–Crippen LogP) is 0.967. The van der Waals surface area contributed by atoms with Crippen LogP contribution in [0.4, 0.5) is 0 Å². The molecule has 0 aliphatic carbocycles. The molecule has 3 nitrogen and oxygen atoms in total. The fraction of sp³-hybridized carbons (Fsp3) is 0.625. The van der Waals surface area contributed by atoms with E-state index in [-0.39, 0.29) is 6.04 Å². The van der Waals surface area contributed by atoms with Gasteiger partial charge in [-0.25, -0.2) is 4.79 Å². The molecule has 1 atom stereocenters. The van der Waals surface area contributed by atoms with Gasteiger partial charge in [-0.1, -0.05) is 13.0 Å². The Bertz CT molecular complexity index is 154. The molecule has 1 unspecified atom stereocenters. The molecule has 1 N–H and O–H groups in total. The number of likely N-dealkylation sites (N-methyl/N-ethyl adjacent to an activating group) is 1. The molecular formula is C8H15NO2. The molecule has 11 heavy (non-hydrogen) atoms. The van der Waals surface area contributed by atoms with E-state index in [2.05, 4.69) is 4.90 Å². The SMILES string of the molecule is CCN(C)C(C)/C=C/C(=O)O. The van der Waals surface area contributed by atoms with Crippen molar-refractivity contribution in [1.82, 2.24) is 4.90 Å². The molecule has 0 bridgehead atoms. The van der Waals surface area contributed by atoms with E-state index in [1.165, 1.54) is 6.08 Å². The van der Waals surface area contributed by atoms with Gasteiger partial charge in [-0.15, -0.1) is 0 Å². The first-order valence-corrected chi connectivity index (χ1v) is 3.69. The van der Waals surface area contributed by atoms with Gasteiger partial charge in [-0.3, -0.25) is 0 Å². The van der Waals surface area contributed by atoms with E-state index in [4.69, 9.17) is 5.11 Å². The average Bonchev–Trinajstić information content (AvgIpc) is 1.98. The molecule has 0 amide bonds. The van der Waals surface area contributed by atoms with Gasteiger partial charge in [0.2, 0.25) is 0 Å². The summed E-state index contributed by atoms with van der Waals surface area (Å²) >= 11 is 0. The average molecular weight is 157 g/mol. The molecule has 0 aromatic rings. The number of carbonyl (C=O) groups is 1. The topological polar surface area (TPSA) is 40.5 Å². The summed E-state index contributed by atoms with van der Waals surface area (Å²) in [5, 5.41) is 8.31. The molecule has 0 rings (SSSR count). The Labute approximate surface area is 67.3 Å². The molecule has 0 saturated heterocycles. The van der Waals surface area contributed by atoms with Crippen molar-refractivity contribution in [3.63, 3.8) is 0 Å². The molecule has 0 aromatic carbocycles. The lowest BCUT2D eigenvalue weighted by Crippen LogP contribution is -2.26. The zero-order valence-corrected chi connectivity index (χ0v) is 7.24. The summed E-state index contributed by atoms with van der Waals surface area (Å²) in [6.45, 7) is 4.92. The van der Waals surface area contributed by atoms with Gasteiger partial charge in [-0.2, -0.15) is 0 Å². The highest BCUT2D eigenvalue weighted by atomic mass is 16.4. The molecule has 0 aliphatic heterocycles. The van der Waals surface area contributed by atoms with Crippen LogP contribution in [-0.4, -0.2) is 35.6 Å². The second-order valence-electron chi connectivity index (χ2n) is 2.51. The predicted molar refractivity (Wildman–Crippen MR) is 44.5 cm³/mol. The maximum absolute atomic E-state index is 10.1. The normalized spacial score (nSPS) is 14.2. The minimum absolute atomic E-state index is 0.191. The Balaban J connectivity index is 3.85.